The number of carbonyl (C=O) groups is 2. The molecule has 0 bridgehead atoms. The predicted molar refractivity (Wildman–Crippen MR) is 135 cm³/mol. The number of hydrogen-bond donors (Lipinski definition) is 0. The molecule has 2 heteroatoms. The van der Waals surface area contributed by atoms with Crippen molar-refractivity contribution in [2.75, 3.05) is 0 Å². The average molecular weight is 453 g/mol. The van der Waals surface area contributed by atoms with E-state index in [1.54, 1.807) is 0 Å². The molecule has 0 saturated heterocycles. The van der Waals surface area contributed by atoms with Crippen molar-refractivity contribution in [2.24, 2.45) is 56.2 Å². The molecule has 0 N–H and O–H groups in total. The van der Waals surface area contributed by atoms with Gasteiger partial charge in [0.25, 0.3) is 0 Å². The Morgan fingerprint density at radius 3 is 2.12 bits per heavy atom. The maximum Gasteiger partial charge on any atom is 0.138 e. The highest BCUT2D eigenvalue weighted by Gasteiger charge is 2.74. The molecule has 0 heterocycles. The molecule has 9 atom stereocenters. The normalized spacial score (nSPS) is 55.1. The van der Waals surface area contributed by atoms with Gasteiger partial charge < -0.3 is 4.79 Å². The van der Waals surface area contributed by atoms with Crippen LogP contribution in [0.5, 0.6) is 0 Å². The zero-order valence-corrected chi connectivity index (χ0v) is 22.5. The van der Waals surface area contributed by atoms with Gasteiger partial charge in [0.15, 0.2) is 0 Å². The molecule has 0 aliphatic heterocycles. The number of fused-ring (bicyclic) bond motifs is 7. The average Bonchev–Trinajstić information content (AvgIpc) is 3.15. The van der Waals surface area contributed by atoms with E-state index in [1.807, 2.05) is 0 Å². The second kappa shape index (κ2) is 6.85. The summed E-state index contributed by atoms with van der Waals surface area (Å²) in [4.78, 5) is 25.6. The molecule has 0 unspecified atom stereocenters. The summed E-state index contributed by atoms with van der Waals surface area (Å²) in [5.41, 5.74) is 1.87. The molecular weight excluding hydrogens is 404 g/mol. The van der Waals surface area contributed by atoms with Crippen molar-refractivity contribution < 1.29 is 9.59 Å². The predicted octanol–water partition coefficient (Wildman–Crippen LogP) is 7.80. The number of rotatable bonds is 2. The fourth-order valence-corrected chi connectivity index (χ4v) is 11.8. The van der Waals surface area contributed by atoms with Gasteiger partial charge in [-0.2, -0.15) is 0 Å². The molecule has 0 aromatic rings. The molecule has 5 aliphatic rings. The van der Waals surface area contributed by atoms with Crippen LogP contribution in [0.1, 0.15) is 113 Å². The zero-order chi connectivity index (χ0) is 24.2. The lowest BCUT2D eigenvalue weighted by Gasteiger charge is -2.75. The van der Waals surface area contributed by atoms with E-state index < -0.39 is 0 Å². The summed E-state index contributed by atoms with van der Waals surface area (Å²) in [6.45, 7) is 21.5. The number of ketones is 1. The van der Waals surface area contributed by atoms with Crippen LogP contribution in [0.2, 0.25) is 0 Å². The van der Waals surface area contributed by atoms with Gasteiger partial charge in [0.1, 0.15) is 12.1 Å². The van der Waals surface area contributed by atoms with Crippen LogP contribution in [-0.4, -0.2) is 12.1 Å². The number of carbonyl (C=O) groups excluding carboxylic acids is 2. The number of Topliss-reactive ketones (excluding diaryl/α,β-unsaturated/α-hetero) is 1. The lowest BCUT2D eigenvalue weighted by molar-refractivity contribution is -0.264. The molecule has 0 aromatic carbocycles. The first-order chi connectivity index (χ1) is 15.2. The van der Waals surface area contributed by atoms with E-state index in [9.17, 15) is 9.59 Å². The molecule has 0 radical (unpaired) electrons. The third kappa shape index (κ3) is 2.57. The van der Waals surface area contributed by atoms with Crippen LogP contribution in [0.15, 0.2) is 12.2 Å². The van der Waals surface area contributed by atoms with Gasteiger partial charge >= 0.3 is 0 Å². The van der Waals surface area contributed by atoms with Crippen LogP contribution in [-0.2, 0) is 9.59 Å². The van der Waals surface area contributed by atoms with E-state index in [1.165, 1.54) is 44.0 Å². The molecule has 2 nitrogen and oxygen atoms in total. The Balaban J connectivity index is 1.61. The summed E-state index contributed by atoms with van der Waals surface area (Å²) < 4.78 is 0. The molecule has 0 aromatic heterocycles. The van der Waals surface area contributed by atoms with E-state index in [4.69, 9.17) is 0 Å². The first-order valence-electron chi connectivity index (χ1n) is 13.9. The second-order valence-corrected chi connectivity index (χ2v) is 14.8. The molecule has 0 amide bonds. The van der Waals surface area contributed by atoms with Gasteiger partial charge in [0, 0.05) is 17.3 Å². The van der Waals surface area contributed by atoms with Gasteiger partial charge in [0.2, 0.25) is 0 Å². The van der Waals surface area contributed by atoms with Gasteiger partial charge in [-0.3, -0.25) is 4.79 Å². The summed E-state index contributed by atoms with van der Waals surface area (Å²) in [5.74, 6) is 2.58. The Bertz CT molecular complexity index is 901. The zero-order valence-electron chi connectivity index (χ0n) is 22.5. The van der Waals surface area contributed by atoms with Gasteiger partial charge in [-0.15, -0.1) is 0 Å². The molecule has 0 spiro atoms. The second-order valence-electron chi connectivity index (χ2n) is 14.8. The maximum atomic E-state index is 12.9. The van der Waals surface area contributed by atoms with E-state index in [2.05, 4.69) is 55.0 Å². The van der Waals surface area contributed by atoms with E-state index in [0.717, 1.165) is 32.1 Å². The fraction of sp³-hybridized carbons (Fsp3) is 0.871. The summed E-state index contributed by atoms with van der Waals surface area (Å²) in [5, 5.41) is 0. The molecule has 5 saturated carbocycles. The summed E-state index contributed by atoms with van der Waals surface area (Å²) in [6, 6.07) is 0. The minimum absolute atomic E-state index is 0.137. The monoisotopic (exact) mass is 452 g/mol. The van der Waals surface area contributed by atoms with Gasteiger partial charge in [0.05, 0.1) is 0 Å². The van der Waals surface area contributed by atoms with Crippen molar-refractivity contribution in [3.63, 3.8) is 0 Å². The third-order valence-electron chi connectivity index (χ3n) is 13.9. The number of allylic oxidation sites excluding steroid dienone is 1. The van der Waals surface area contributed by atoms with Crippen LogP contribution >= 0.6 is 0 Å². The Morgan fingerprint density at radius 1 is 0.848 bits per heavy atom. The largest absolute Gasteiger partial charge is 0.303 e. The van der Waals surface area contributed by atoms with Crippen LogP contribution in [0, 0.1) is 56.2 Å². The first-order valence-corrected chi connectivity index (χ1v) is 13.9. The van der Waals surface area contributed by atoms with E-state index in [0.29, 0.717) is 29.5 Å². The van der Waals surface area contributed by atoms with Crippen LogP contribution in [0.4, 0.5) is 0 Å². The summed E-state index contributed by atoms with van der Waals surface area (Å²) in [7, 11) is 0. The Kier molecular flexibility index (Phi) is 4.94. The van der Waals surface area contributed by atoms with Gasteiger partial charge in [-0.1, -0.05) is 53.7 Å². The van der Waals surface area contributed by atoms with Crippen molar-refractivity contribution in [2.45, 2.75) is 113 Å². The number of hydrogen-bond acceptors (Lipinski definition) is 2. The molecule has 184 valence electrons. The van der Waals surface area contributed by atoms with Crippen molar-refractivity contribution in [3.05, 3.63) is 12.2 Å². The molecule has 5 fully saturated rings. The maximum absolute atomic E-state index is 12.9. The van der Waals surface area contributed by atoms with Gasteiger partial charge in [-0.05, 0) is 110 Å². The molecular formula is C31H48O2. The fourth-order valence-electron chi connectivity index (χ4n) is 11.8. The standard InChI is InChI=1S/C31H48O2/c1-20(2)21-9-16-31(19-32)18-17-30(8)28(6)14-10-22-26(3,4)24(33)12-13-27(22,5)23(28)11-15-29(30,7)25(21)31/h19,21-23,25H,1,9-18H2,2-8H3/t21-,22-,23+,25+,27-,28+,29+,30-,31+/m0/s1. The van der Waals surface area contributed by atoms with Gasteiger partial charge in [-0.25, -0.2) is 0 Å². The Hall–Kier alpha value is -0.920. The van der Waals surface area contributed by atoms with Crippen LogP contribution < -0.4 is 0 Å². The van der Waals surface area contributed by atoms with Crippen molar-refractivity contribution in [1.29, 1.82) is 0 Å². The molecule has 5 aliphatic carbocycles. The van der Waals surface area contributed by atoms with E-state index >= 15 is 0 Å². The summed E-state index contributed by atoms with van der Waals surface area (Å²) in [6.07, 6.45) is 12.5. The third-order valence-corrected chi connectivity index (χ3v) is 13.9. The van der Waals surface area contributed by atoms with Crippen molar-refractivity contribution in [3.8, 4) is 0 Å². The summed E-state index contributed by atoms with van der Waals surface area (Å²) >= 11 is 0. The number of aldehydes is 1. The van der Waals surface area contributed by atoms with Crippen molar-refractivity contribution in [1.82, 2.24) is 0 Å². The van der Waals surface area contributed by atoms with Crippen molar-refractivity contribution >= 4 is 12.1 Å². The highest BCUT2D eigenvalue weighted by molar-refractivity contribution is 5.85. The van der Waals surface area contributed by atoms with Crippen LogP contribution in [0.3, 0.4) is 0 Å². The highest BCUT2D eigenvalue weighted by Crippen LogP contribution is 2.80. The Morgan fingerprint density at radius 2 is 1.48 bits per heavy atom. The molecule has 33 heavy (non-hydrogen) atoms. The minimum Gasteiger partial charge on any atom is -0.303 e. The lowest BCUT2D eigenvalue weighted by atomic mass is 9.29. The highest BCUT2D eigenvalue weighted by atomic mass is 16.1. The topological polar surface area (TPSA) is 34.1 Å². The minimum atomic E-state index is -0.189. The SMILES string of the molecule is C=C(C)[C@@H]1CC[C@]2(C=O)CC[C@@]3(C)[C@]4(C)CC[C@H]5C(C)(C)C(=O)CC[C@]5(C)[C@H]4CC[C@]3(C)[C@@H]12. The quantitative estimate of drug-likeness (QED) is 0.316. The van der Waals surface area contributed by atoms with Crippen LogP contribution in [0.25, 0.3) is 0 Å². The first kappa shape index (κ1) is 23.8. The lowest BCUT2D eigenvalue weighted by Crippen LogP contribution is -2.69. The van der Waals surface area contributed by atoms with E-state index in [-0.39, 0.29) is 32.5 Å². The Labute approximate surface area is 202 Å². The molecule has 5 rings (SSSR count). The smallest absolute Gasteiger partial charge is 0.138 e.